The van der Waals surface area contributed by atoms with Crippen molar-refractivity contribution in [1.29, 1.82) is 0 Å². The van der Waals surface area contributed by atoms with Gasteiger partial charge < -0.3 is 14.4 Å². The molecular formula is C30H26N2O2. The molecule has 0 saturated carbocycles. The van der Waals surface area contributed by atoms with Crippen LogP contribution in [-0.2, 0) is 6.54 Å². The van der Waals surface area contributed by atoms with Crippen molar-refractivity contribution >= 4 is 0 Å². The van der Waals surface area contributed by atoms with Crippen LogP contribution in [0.2, 0.25) is 0 Å². The number of phenols is 1. The van der Waals surface area contributed by atoms with E-state index in [2.05, 4.69) is 72.2 Å². The molecule has 5 rings (SSSR count). The summed E-state index contributed by atoms with van der Waals surface area (Å²) >= 11 is 0. The van der Waals surface area contributed by atoms with Crippen LogP contribution in [0.3, 0.4) is 0 Å². The molecule has 168 valence electrons. The smallest absolute Gasteiger partial charge is 0.161 e. The second kappa shape index (κ2) is 9.28. The highest BCUT2D eigenvalue weighted by atomic mass is 16.5. The Hall–Kier alpha value is -4.31. The summed E-state index contributed by atoms with van der Waals surface area (Å²) in [5.74, 6) is 1.34. The molecule has 0 saturated heterocycles. The average molecular weight is 447 g/mol. The summed E-state index contributed by atoms with van der Waals surface area (Å²) in [5, 5.41) is 10.2. The molecule has 0 atom stereocenters. The Bertz CT molecular complexity index is 1420. The SMILES string of the molecule is COc1cc(-c2nc(-c3ccccc3)c(-c3ccccc3)n2Cc2cccc(C)c2)ccc1O. The molecule has 4 aromatic carbocycles. The van der Waals surface area contributed by atoms with E-state index in [1.807, 2.05) is 36.4 Å². The fraction of sp³-hybridized carbons (Fsp3) is 0.100. The van der Waals surface area contributed by atoms with Gasteiger partial charge in [-0.2, -0.15) is 0 Å². The van der Waals surface area contributed by atoms with Crippen molar-refractivity contribution in [2.75, 3.05) is 7.11 Å². The van der Waals surface area contributed by atoms with E-state index >= 15 is 0 Å². The van der Waals surface area contributed by atoms with E-state index in [1.165, 1.54) is 11.1 Å². The second-order valence-corrected chi connectivity index (χ2v) is 8.33. The maximum atomic E-state index is 10.2. The molecule has 4 nitrogen and oxygen atoms in total. The van der Waals surface area contributed by atoms with Gasteiger partial charge in [-0.1, -0.05) is 90.5 Å². The maximum absolute atomic E-state index is 10.2. The number of methoxy groups -OCH3 is 1. The Balaban J connectivity index is 1.80. The Morgan fingerprint density at radius 2 is 1.47 bits per heavy atom. The summed E-state index contributed by atoms with van der Waals surface area (Å²) in [6.07, 6.45) is 0. The van der Waals surface area contributed by atoms with Crippen LogP contribution >= 0.6 is 0 Å². The van der Waals surface area contributed by atoms with Crippen LogP contribution in [0.5, 0.6) is 11.5 Å². The van der Waals surface area contributed by atoms with Gasteiger partial charge in [0.1, 0.15) is 5.82 Å². The van der Waals surface area contributed by atoms with Crippen LogP contribution in [0.1, 0.15) is 11.1 Å². The second-order valence-electron chi connectivity index (χ2n) is 8.33. The summed E-state index contributed by atoms with van der Waals surface area (Å²) in [6.45, 7) is 2.76. The first-order chi connectivity index (χ1) is 16.6. The molecule has 1 heterocycles. The summed E-state index contributed by atoms with van der Waals surface area (Å²) in [5.41, 5.74) is 7.41. The molecule has 0 aliphatic heterocycles. The Morgan fingerprint density at radius 3 is 2.15 bits per heavy atom. The summed E-state index contributed by atoms with van der Waals surface area (Å²) in [4.78, 5) is 5.18. The largest absolute Gasteiger partial charge is 0.504 e. The van der Waals surface area contributed by atoms with Crippen molar-refractivity contribution in [3.63, 3.8) is 0 Å². The molecule has 5 aromatic rings. The number of imidazole rings is 1. The highest BCUT2D eigenvalue weighted by Gasteiger charge is 2.22. The van der Waals surface area contributed by atoms with E-state index in [9.17, 15) is 5.11 Å². The van der Waals surface area contributed by atoms with Gasteiger partial charge >= 0.3 is 0 Å². The van der Waals surface area contributed by atoms with Crippen LogP contribution in [0.15, 0.2) is 103 Å². The van der Waals surface area contributed by atoms with E-state index in [4.69, 9.17) is 9.72 Å². The Kier molecular flexibility index (Phi) is 5.88. The predicted octanol–water partition coefficient (Wildman–Crippen LogP) is 6.96. The number of benzene rings is 4. The summed E-state index contributed by atoms with van der Waals surface area (Å²) in [6, 6.07) is 34.6. The molecule has 34 heavy (non-hydrogen) atoms. The number of aromatic hydroxyl groups is 1. The number of hydrogen-bond donors (Lipinski definition) is 1. The fourth-order valence-electron chi connectivity index (χ4n) is 4.32. The normalized spacial score (nSPS) is 10.9. The lowest BCUT2D eigenvalue weighted by molar-refractivity contribution is 0.373. The number of rotatable bonds is 6. The van der Waals surface area contributed by atoms with Crippen molar-refractivity contribution in [2.24, 2.45) is 0 Å². The van der Waals surface area contributed by atoms with E-state index in [-0.39, 0.29) is 5.75 Å². The molecule has 0 radical (unpaired) electrons. The molecule has 0 aliphatic carbocycles. The molecule has 0 amide bonds. The molecule has 0 unspecified atom stereocenters. The predicted molar refractivity (Wildman–Crippen MR) is 137 cm³/mol. The number of phenolic OH excluding ortho intramolecular Hbond substituents is 1. The lowest BCUT2D eigenvalue weighted by Gasteiger charge is -2.15. The third-order valence-corrected chi connectivity index (χ3v) is 5.92. The molecule has 0 bridgehead atoms. The van der Waals surface area contributed by atoms with Crippen LogP contribution in [0.4, 0.5) is 0 Å². The first-order valence-electron chi connectivity index (χ1n) is 11.3. The van der Waals surface area contributed by atoms with Crippen molar-refractivity contribution < 1.29 is 9.84 Å². The third kappa shape index (κ3) is 4.18. The van der Waals surface area contributed by atoms with Crippen molar-refractivity contribution in [1.82, 2.24) is 9.55 Å². The third-order valence-electron chi connectivity index (χ3n) is 5.92. The van der Waals surface area contributed by atoms with Crippen molar-refractivity contribution in [3.05, 3.63) is 114 Å². The molecular weight excluding hydrogens is 420 g/mol. The first-order valence-corrected chi connectivity index (χ1v) is 11.3. The van der Waals surface area contributed by atoms with Gasteiger partial charge in [0.25, 0.3) is 0 Å². The number of aryl methyl sites for hydroxylation is 1. The van der Waals surface area contributed by atoms with Gasteiger partial charge in [-0.15, -0.1) is 0 Å². The highest BCUT2D eigenvalue weighted by molar-refractivity contribution is 5.82. The molecule has 0 fully saturated rings. The minimum absolute atomic E-state index is 0.106. The van der Waals surface area contributed by atoms with Crippen LogP contribution < -0.4 is 4.74 Å². The molecule has 1 N–H and O–H groups in total. The maximum Gasteiger partial charge on any atom is 0.161 e. The topological polar surface area (TPSA) is 47.3 Å². The Labute approximate surface area is 199 Å². The average Bonchev–Trinajstić information content (AvgIpc) is 3.24. The lowest BCUT2D eigenvalue weighted by atomic mass is 10.0. The summed E-state index contributed by atoms with van der Waals surface area (Å²) in [7, 11) is 1.56. The van der Waals surface area contributed by atoms with Gasteiger partial charge in [0, 0.05) is 23.2 Å². The zero-order chi connectivity index (χ0) is 23.5. The minimum atomic E-state index is 0.106. The van der Waals surface area contributed by atoms with Crippen LogP contribution in [0.25, 0.3) is 33.9 Å². The van der Waals surface area contributed by atoms with Gasteiger partial charge in [-0.3, -0.25) is 0 Å². The van der Waals surface area contributed by atoms with E-state index in [0.29, 0.717) is 12.3 Å². The van der Waals surface area contributed by atoms with Crippen molar-refractivity contribution in [2.45, 2.75) is 13.5 Å². The van der Waals surface area contributed by atoms with Gasteiger partial charge in [0.2, 0.25) is 0 Å². The molecule has 0 spiro atoms. The molecule has 1 aromatic heterocycles. The monoisotopic (exact) mass is 446 g/mol. The zero-order valence-corrected chi connectivity index (χ0v) is 19.3. The highest BCUT2D eigenvalue weighted by Crippen LogP contribution is 2.38. The van der Waals surface area contributed by atoms with Gasteiger partial charge in [-0.05, 0) is 30.7 Å². The van der Waals surface area contributed by atoms with Gasteiger partial charge in [0.05, 0.1) is 18.5 Å². The first kappa shape index (κ1) is 21.5. The number of nitrogens with zero attached hydrogens (tertiary/aromatic N) is 2. The number of ether oxygens (including phenoxy) is 1. The summed E-state index contributed by atoms with van der Waals surface area (Å²) < 4.78 is 7.66. The molecule has 0 aliphatic rings. The lowest BCUT2D eigenvalue weighted by Crippen LogP contribution is -2.05. The van der Waals surface area contributed by atoms with Gasteiger partial charge in [0.15, 0.2) is 11.5 Å². The quantitative estimate of drug-likeness (QED) is 0.307. The number of hydrogen-bond acceptors (Lipinski definition) is 3. The fourth-order valence-corrected chi connectivity index (χ4v) is 4.32. The van der Waals surface area contributed by atoms with Gasteiger partial charge in [-0.25, -0.2) is 4.98 Å². The van der Waals surface area contributed by atoms with Crippen molar-refractivity contribution in [3.8, 4) is 45.4 Å². The number of aromatic nitrogens is 2. The van der Waals surface area contributed by atoms with E-state index < -0.39 is 0 Å². The van der Waals surface area contributed by atoms with Crippen LogP contribution in [-0.4, -0.2) is 21.8 Å². The van der Waals surface area contributed by atoms with E-state index in [0.717, 1.165) is 33.9 Å². The minimum Gasteiger partial charge on any atom is -0.504 e. The molecule has 4 heteroatoms. The Morgan fingerprint density at radius 1 is 0.765 bits per heavy atom. The zero-order valence-electron chi connectivity index (χ0n) is 19.3. The van der Waals surface area contributed by atoms with E-state index in [1.54, 1.807) is 13.2 Å². The van der Waals surface area contributed by atoms with Crippen LogP contribution in [0, 0.1) is 6.92 Å². The standard InChI is InChI=1S/C30H26N2O2/c1-21-10-9-11-22(18-21)20-32-29(24-14-7-4-8-15-24)28(23-12-5-3-6-13-23)31-30(32)25-16-17-26(33)27(19-25)34-2/h3-19,33H,20H2,1-2H3.